The number of hydrogen-bond acceptors (Lipinski definition) is 3. The highest BCUT2D eigenvalue weighted by Crippen LogP contribution is 2.22. The molecule has 2 aromatic rings. The molecule has 0 saturated heterocycles. The van der Waals surface area contributed by atoms with Gasteiger partial charge in [0.2, 0.25) is 0 Å². The molecule has 3 nitrogen and oxygen atoms in total. The molecule has 2 rings (SSSR count). The molecular formula is C16H20N2O. The Morgan fingerprint density at radius 2 is 2.00 bits per heavy atom. The normalized spacial score (nSPS) is 12.1. The highest BCUT2D eigenvalue weighted by molar-refractivity contribution is 5.30. The minimum atomic E-state index is 0.319. The largest absolute Gasteiger partial charge is 0.494 e. The van der Waals surface area contributed by atoms with E-state index in [2.05, 4.69) is 23.2 Å². The van der Waals surface area contributed by atoms with Crippen molar-refractivity contribution in [1.82, 2.24) is 4.98 Å². The first-order valence-corrected chi connectivity index (χ1v) is 6.65. The van der Waals surface area contributed by atoms with Crippen molar-refractivity contribution in [2.75, 3.05) is 13.2 Å². The molecular weight excluding hydrogens is 236 g/mol. The molecule has 0 aliphatic carbocycles. The Bertz CT molecular complexity index is 482. The summed E-state index contributed by atoms with van der Waals surface area (Å²) in [4.78, 5) is 4.14. The van der Waals surface area contributed by atoms with Gasteiger partial charge < -0.3 is 10.5 Å². The fourth-order valence-corrected chi connectivity index (χ4v) is 2.14. The molecule has 100 valence electrons. The molecule has 3 heteroatoms. The summed E-state index contributed by atoms with van der Waals surface area (Å²) >= 11 is 0. The van der Waals surface area contributed by atoms with Crippen LogP contribution in [0.4, 0.5) is 0 Å². The molecule has 1 aromatic heterocycles. The average molecular weight is 256 g/mol. The molecule has 0 radical (unpaired) electrons. The van der Waals surface area contributed by atoms with Crippen LogP contribution in [0.15, 0.2) is 48.8 Å². The van der Waals surface area contributed by atoms with Crippen LogP contribution in [0.2, 0.25) is 0 Å². The highest BCUT2D eigenvalue weighted by Gasteiger charge is 2.10. The van der Waals surface area contributed by atoms with E-state index in [0.29, 0.717) is 19.1 Å². The predicted octanol–water partition coefficient (Wildman–Crippen LogP) is 2.77. The van der Waals surface area contributed by atoms with Crippen LogP contribution < -0.4 is 10.5 Å². The van der Waals surface area contributed by atoms with E-state index in [9.17, 15) is 0 Å². The first-order valence-electron chi connectivity index (χ1n) is 6.65. The maximum atomic E-state index is 5.90. The van der Waals surface area contributed by atoms with Crippen molar-refractivity contribution in [3.05, 3.63) is 59.9 Å². The minimum Gasteiger partial charge on any atom is -0.494 e. The van der Waals surface area contributed by atoms with Crippen LogP contribution >= 0.6 is 0 Å². The first-order chi connectivity index (χ1) is 9.33. The molecule has 1 heterocycles. The molecule has 1 atom stereocenters. The van der Waals surface area contributed by atoms with Gasteiger partial charge in [0.05, 0.1) is 6.61 Å². The van der Waals surface area contributed by atoms with Crippen LogP contribution in [0.5, 0.6) is 5.75 Å². The van der Waals surface area contributed by atoms with Gasteiger partial charge in [0.1, 0.15) is 5.75 Å². The van der Waals surface area contributed by atoms with E-state index in [1.165, 1.54) is 11.1 Å². The lowest BCUT2D eigenvalue weighted by Gasteiger charge is -2.15. The fourth-order valence-electron chi connectivity index (χ4n) is 2.14. The van der Waals surface area contributed by atoms with E-state index < -0.39 is 0 Å². The zero-order valence-electron chi connectivity index (χ0n) is 11.3. The van der Waals surface area contributed by atoms with Crippen LogP contribution in [0.1, 0.15) is 24.0 Å². The molecule has 2 N–H and O–H groups in total. The van der Waals surface area contributed by atoms with Gasteiger partial charge in [0.15, 0.2) is 0 Å². The Morgan fingerprint density at radius 1 is 1.21 bits per heavy atom. The van der Waals surface area contributed by atoms with Crippen LogP contribution in [-0.4, -0.2) is 18.1 Å². The number of nitrogens with zero attached hydrogens (tertiary/aromatic N) is 1. The Labute approximate surface area is 114 Å². The Morgan fingerprint density at radius 3 is 2.58 bits per heavy atom. The molecule has 0 fully saturated rings. The summed E-state index contributed by atoms with van der Waals surface area (Å²) in [6.45, 7) is 3.30. The number of aromatic nitrogens is 1. The lowest BCUT2D eigenvalue weighted by Crippen LogP contribution is -2.15. The number of rotatable bonds is 6. The highest BCUT2D eigenvalue weighted by atomic mass is 16.5. The molecule has 0 saturated carbocycles. The van der Waals surface area contributed by atoms with Crippen molar-refractivity contribution < 1.29 is 4.74 Å². The van der Waals surface area contributed by atoms with Crippen LogP contribution in [0, 0.1) is 0 Å². The summed E-state index contributed by atoms with van der Waals surface area (Å²) in [5.41, 5.74) is 8.36. The SMILES string of the molecule is CCOc1ccc(C(CN)Cc2cccnc2)cc1. The molecule has 0 amide bonds. The third-order valence-corrected chi connectivity index (χ3v) is 3.15. The summed E-state index contributed by atoms with van der Waals surface area (Å²) in [7, 11) is 0. The van der Waals surface area contributed by atoms with E-state index in [4.69, 9.17) is 10.5 Å². The third-order valence-electron chi connectivity index (χ3n) is 3.15. The minimum absolute atomic E-state index is 0.319. The topological polar surface area (TPSA) is 48.1 Å². The van der Waals surface area contributed by atoms with Crippen molar-refractivity contribution in [3.63, 3.8) is 0 Å². The Kier molecular flexibility index (Phi) is 4.93. The molecule has 1 unspecified atom stereocenters. The lowest BCUT2D eigenvalue weighted by atomic mass is 9.93. The Hall–Kier alpha value is -1.87. The third kappa shape index (κ3) is 3.80. The van der Waals surface area contributed by atoms with Crippen LogP contribution in [0.25, 0.3) is 0 Å². The van der Waals surface area contributed by atoms with Gasteiger partial charge in [-0.25, -0.2) is 0 Å². The second-order valence-corrected chi connectivity index (χ2v) is 4.50. The predicted molar refractivity (Wildman–Crippen MR) is 77.3 cm³/mol. The van der Waals surface area contributed by atoms with Crippen molar-refractivity contribution >= 4 is 0 Å². The molecule has 19 heavy (non-hydrogen) atoms. The maximum absolute atomic E-state index is 5.90. The summed E-state index contributed by atoms with van der Waals surface area (Å²) in [5, 5.41) is 0. The zero-order chi connectivity index (χ0) is 13.5. The summed E-state index contributed by atoms with van der Waals surface area (Å²) in [6, 6.07) is 12.2. The standard InChI is InChI=1S/C16H20N2O/c1-2-19-16-7-5-14(6-8-16)15(11-17)10-13-4-3-9-18-12-13/h3-9,12,15H,2,10-11,17H2,1H3. The van der Waals surface area contributed by atoms with Gasteiger partial charge in [0, 0.05) is 18.3 Å². The van der Waals surface area contributed by atoms with Gasteiger partial charge in [-0.1, -0.05) is 18.2 Å². The number of hydrogen-bond donors (Lipinski definition) is 1. The van der Waals surface area contributed by atoms with Crippen molar-refractivity contribution in [1.29, 1.82) is 0 Å². The maximum Gasteiger partial charge on any atom is 0.119 e. The molecule has 0 aliphatic heterocycles. The Balaban J connectivity index is 2.08. The number of benzene rings is 1. The summed E-state index contributed by atoms with van der Waals surface area (Å²) < 4.78 is 5.45. The van der Waals surface area contributed by atoms with Gasteiger partial charge in [-0.05, 0) is 49.2 Å². The lowest BCUT2D eigenvalue weighted by molar-refractivity contribution is 0.340. The van der Waals surface area contributed by atoms with Gasteiger partial charge in [-0.2, -0.15) is 0 Å². The van der Waals surface area contributed by atoms with Crippen LogP contribution in [0.3, 0.4) is 0 Å². The monoisotopic (exact) mass is 256 g/mol. The van der Waals surface area contributed by atoms with E-state index in [-0.39, 0.29) is 0 Å². The van der Waals surface area contributed by atoms with Crippen LogP contribution in [-0.2, 0) is 6.42 Å². The van der Waals surface area contributed by atoms with Gasteiger partial charge in [-0.15, -0.1) is 0 Å². The van der Waals surface area contributed by atoms with E-state index in [1.807, 2.05) is 31.3 Å². The van der Waals surface area contributed by atoms with Crippen molar-refractivity contribution in [2.24, 2.45) is 5.73 Å². The van der Waals surface area contributed by atoms with Crippen molar-refractivity contribution in [2.45, 2.75) is 19.3 Å². The number of ether oxygens (including phenoxy) is 1. The van der Waals surface area contributed by atoms with Gasteiger partial charge in [-0.3, -0.25) is 4.98 Å². The second-order valence-electron chi connectivity index (χ2n) is 4.50. The molecule has 0 aliphatic rings. The van der Waals surface area contributed by atoms with Gasteiger partial charge >= 0.3 is 0 Å². The molecule has 0 spiro atoms. The summed E-state index contributed by atoms with van der Waals surface area (Å²) in [6.07, 6.45) is 4.60. The van der Waals surface area contributed by atoms with E-state index in [0.717, 1.165) is 12.2 Å². The quantitative estimate of drug-likeness (QED) is 0.864. The zero-order valence-corrected chi connectivity index (χ0v) is 11.3. The average Bonchev–Trinajstić information content (AvgIpc) is 2.47. The smallest absolute Gasteiger partial charge is 0.119 e. The summed E-state index contributed by atoms with van der Waals surface area (Å²) in [5.74, 6) is 1.23. The van der Waals surface area contributed by atoms with E-state index in [1.54, 1.807) is 6.20 Å². The van der Waals surface area contributed by atoms with Gasteiger partial charge in [0.25, 0.3) is 0 Å². The first kappa shape index (κ1) is 13.6. The number of pyridine rings is 1. The molecule has 0 bridgehead atoms. The fraction of sp³-hybridized carbons (Fsp3) is 0.312. The molecule has 1 aromatic carbocycles. The van der Waals surface area contributed by atoms with Crippen molar-refractivity contribution in [3.8, 4) is 5.75 Å². The van der Waals surface area contributed by atoms with E-state index >= 15 is 0 Å². The number of nitrogens with two attached hydrogens (primary N) is 1. The second kappa shape index (κ2) is 6.90.